The number of halogens is 1. The molecule has 0 aliphatic rings. The number of non-ortho nitro benzene ring substituents is 1. The number of nitro groups is 1. The summed E-state index contributed by atoms with van der Waals surface area (Å²) in [6.07, 6.45) is 1.46. The number of nitro benzene ring substituents is 1. The maximum Gasteiger partial charge on any atom is 0.270 e. The normalized spacial score (nSPS) is 11.1. The Bertz CT molecular complexity index is 1420. The molecule has 0 aliphatic heterocycles. The molecule has 2 aromatic carbocycles. The quantitative estimate of drug-likeness (QED) is 0.214. The number of carbonyl (C=O) groups is 1. The SMILES string of the molecule is N#C/C(=C/c1ccc(-c2cc([N+](=O)[O-])ccc2Cl)o1)c1nnc(NC(=O)c2ccccc2)s1. The van der Waals surface area contributed by atoms with Gasteiger partial charge < -0.3 is 4.42 Å². The van der Waals surface area contributed by atoms with Crippen LogP contribution in [0.1, 0.15) is 21.1 Å². The molecule has 0 bridgehead atoms. The van der Waals surface area contributed by atoms with Crippen molar-refractivity contribution >= 4 is 51.3 Å². The lowest BCUT2D eigenvalue weighted by Gasteiger charge is -2.00. The Morgan fingerprint density at radius 1 is 1.18 bits per heavy atom. The summed E-state index contributed by atoms with van der Waals surface area (Å²) < 4.78 is 5.72. The van der Waals surface area contributed by atoms with E-state index in [1.165, 1.54) is 24.3 Å². The van der Waals surface area contributed by atoms with Crippen LogP contribution in [0.5, 0.6) is 0 Å². The second-order valence-corrected chi connectivity index (χ2v) is 7.91. The van der Waals surface area contributed by atoms with E-state index in [9.17, 15) is 20.2 Å². The fourth-order valence-electron chi connectivity index (χ4n) is 2.82. The summed E-state index contributed by atoms with van der Waals surface area (Å²) in [6, 6.07) is 17.9. The van der Waals surface area contributed by atoms with E-state index in [1.54, 1.807) is 42.5 Å². The Hall–Kier alpha value is -4.33. The number of anilines is 1. The van der Waals surface area contributed by atoms with Gasteiger partial charge in [-0.3, -0.25) is 20.2 Å². The molecule has 162 valence electrons. The van der Waals surface area contributed by atoms with Crippen LogP contribution < -0.4 is 5.32 Å². The van der Waals surface area contributed by atoms with Gasteiger partial charge in [-0.25, -0.2) is 0 Å². The molecule has 0 aliphatic carbocycles. The van der Waals surface area contributed by atoms with Gasteiger partial charge in [-0.1, -0.05) is 41.1 Å². The molecule has 9 nitrogen and oxygen atoms in total. The minimum atomic E-state index is -0.527. The fourth-order valence-corrected chi connectivity index (χ4v) is 3.73. The van der Waals surface area contributed by atoms with Gasteiger partial charge in [0.1, 0.15) is 17.6 Å². The summed E-state index contributed by atoms with van der Waals surface area (Å²) in [6.45, 7) is 0. The van der Waals surface area contributed by atoms with E-state index in [2.05, 4.69) is 15.5 Å². The average Bonchev–Trinajstić information content (AvgIpc) is 3.48. The lowest BCUT2D eigenvalue weighted by molar-refractivity contribution is -0.384. The monoisotopic (exact) mass is 477 g/mol. The molecular formula is C22H12ClN5O4S. The van der Waals surface area contributed by atoms with Crippen molar-refractivity contribution in [3.05, 3.63) is 92.1 Å². The number of nitrogens with one attached hydrogen (secondary N) is 1. The van der Waals surface area contributed by atoms with Crippen molar-refractivity contribution in [1.29, 1.82) is 5.26 Å². The number of aromatic nitrogens is 2. The molecular weight excluding hydrogens is 466 g/mol. The van der Waals surface area contributed by atoms with E-state index in [4.69, 9.17) is 16.0 Å². The standard InChI is InChI=1S/C22H12ClN5O4S/c23-18-8-6-15(28(30)31)11-17(18)19-9-7-16(32-19)10-14(12-24)21-26-27-22(33-21)25-20(29)13-4-2-1-3-5-13/h1-11H,(H,25,27,29)/b14-10-. The first-order chi connectivity index (χ1) is 15.9. The van der Waals surface area contributed by atoms with Crippen LogP contribution >= 0.6 is 22.9 Å². The maximum atomic E-state index is 12.3. The number of nitriles is 1. The van der Waals surface area contributed by atoms with Gasteiger partial charge in [0.2, 0.25) is 5.13 Å². The predicted octanol–water partition coefficient (Wildman–Crippen LogP) is 5.68. The van der Waals surface area contributed by atoms with Gasteiger partial charge in [-0.05, 0) is 30.3 Å². The molecule has 4 aromatic rings. The van der Waals surface area contributed by atoms with Crippen LogP contribution in [-0.4, -0.2) is 21.0 Å². The average molecular weight is 478 g/mol. The molecule has 0 fully saturated rings. The summed E-state index contributed by atoms with van der Waals surface area (Å²) in [5.41, 5.74) is 0.859. The molecule has 0 atom stereocenters. The molecule has 0 saturated heterocycles. The van der Waals surface area contributed by atoms with Crippen molar-refractivity contribution in [3.8, 4) is 17.4 Å². The lowest BCUT2D eigenvalue weighted by atomic mass is 10.1. The number of allylic oxidation sites excluding steroid dienone is 1. The molecule has 0 radical (unpaired) electrons. The maximum absolute atomic E-state index is 12.3. The highest BCUT2D eigenvalue weighted by atomic mass is 35.5. The van der Waals surface area contributed by atoms with E-state index in [0.29, 0.717) is 22.6 Å². The molecule has 0 saturated carbocycles. The Morgan fingerprint density at radius 2 is 1.97 bits per heavy atom. The van der Waals surface area contributed by atoms with Crippen LogP contribution in [0.15, 0.2) is 65.1 Å². The van der Waals surface area contributed by atoms with Gasteiger partial charge in [0.25, 0.3) is 11.6 Å². The number of carbonyl (C=O) groups excluding carboxylic acids is 1. The molecule has 33 heavy (non-hydrogen) atoms. The first-order valence-corrected chi connectivity index (χ1v) is 10.5. The lowest BCUT2D eigenvalue weighted by Crippen LogP contribution is -2.11. The van der Waals surface area contributed by atoms with Crippen molar-refractivity contribution in [2.75, 3.05) is 5.32 Å². The van der Waals surface area contributed by atoms with Gasteiger partial charge >= 0.3 is 0 Å². The smallest absolute Gasteiger partial charge is 0.270 e. The van der Waals surface area contributed by atoms with Crippen molar-refractivity contribution in [2.45, 2.75) is 0 Å². The van der Waals surface area contributed by atoms with E-state index >= 15 is 0 Å². The summed E-state index contributed by atoms with van der Waals surface area (Å²) >= 11 is 7.20. The number of hydrogen-bond acceptors (Lipinski definition) is 8. The van der Waals surface area contributed by atoms with Crippen molar-refractivity contribution in [3.63, 3.8) is 0 Å². The van der Waals surface area contributed by atoms with E-state index < -0.39 is 4.92 Å². The molecule has 2 aromatic heterocycles. The van der Waals surface area contributed by atoms with Crippen LogP contribution in [0, 0.1) is 21.4 Å². The van der Waals surface area contributed by atoms with Gasteiger partial charge in [0.15, 0.2) is 5.01 Å². The number of benzene rings is 2. The summed E-state index contributed by atoms with van der Waals surface area (Å²) in [5.74, 6) is 0.278. The molecule has 1 amide bonds. The minimum Gasteiger partial charge on any atom is -0.457 e. The highest BCUT2D eigenvalue weighted by Gasteiger charge is 2.16. The first kappa shape index (κ1) is 21.9. The van der Waals surface area contributed by atoms with Gasteiger partial charge in [0, 0.05) is 29.3 Å². The molecule has 4 rings (SSSR count). The largest absolute Gasteiger partial charge is 0.457 e. The number of furan rings is 1. The third-order valence-electron chi connectivity index (χ3n) is 4.37. The zero-order chi connectivity index (χ0) is 23.4. The van der Waals surface area contributed by atoms with E-state index in [-0.39, 0.29) is 32.3 Å². The number of amides is 1. The third-order valence-corrected chi connectivity index (χ3v) is 5.57. The summed E-state index contributed by atoms with van der Waals surface area (Å²) in [5, 5.41) is 31.9. The molecule has 2 heterocycles. The van der Waals surface area contributed by atoms with Gasteiger partial charge in [-0.2, -0.15) is 5.26 Å². The second-order valence-electron chi connectivity index (χ2n) is 6.53. The highest BCUT2D eigenvalue weighted by molar-refractivity contribution is 7.16. The van der Waals surface area contributed by atoms with Crippen LogP contribution in [0.4, 0.5) is 10.8 Å². The first-order valence-electron chi connectivity index (χ1n) is 9.31. The number of nitrogens with zero attached hydrogens (tertiary/aromatic N) is 4. The Kier molecular flexibility index (Phi) is 6.26. The summed E-state index contributed by atoms with van der Waals surface area (Å²) in [7, 11) is 0. The predicted molar refractivity (Wildman–Crippen MR) is 124 cm³/mol. The molecule has 11 heteroatoms. The van der Waals surface area contributed by atoms with Gasteiger partial charge in [-0.15, -0.1) is 10.2 Å². The zero-order valence-corrected chi connectivity index (χ0v) is 18.1. The highest BCUT2D eigenvalue weighted by Crippen LogP contribution is 2.33. The zero-order valence-electron chi connectivity index (χ0n) is 16.6. The minimum absolute atomic E-state index is 0.125. The van der Waals surface area contributed by atoms with E-state index in [1.807, 2.05) is 6.07 Å². The van der Waals surface area contributed by atoms with Crippen molar-refractivity contribution < 1.29 is 14.1 Å². The van der Waals surface area contributed by atoms with Crippen LogP contribution in [0.25, 0.3) is 23.0 Å². The van der Waals surface area contributed by atoms with Gasteiger partial charge in [0.05, 0.1) is 15.5 Å². The third kappa shape index (κ3) is 4.95. The fraction of sp³-hybridized carbons (Fsp3) is 0. The summed E-state index contributed by atoms with van der Waals surface area (Å²) in [4.78, 5) is 22.8. The molecule has 0 unspecified atom stereocenters. The van der Waals surface area contributed by atoms with Crippen LogP contribution in [0.2, 0.25) is 5.02 Å². The van der Waals surface area contributed by atoms with E-state index in [0.717, 1.165) is 11.3 Å². The Morgan fingerprint density at radius 3 is 2.70 bits per heavy atom. The second kappa shape index (κ2) is 9.44. The molecule has 1 N–H and O–H groups in total. The van der Waals surface area contributed by atoms with Crippen LogP contribution in [-0.2, 0) is 0 Å². The van der Waals surface area contributed by atoms with Crippen molar-refractivity contribution in [2.24, 2.45) is 0 Å². The van der Waals surface area contributed by atoms with Crippen LogP contribution in [0.3, 0.4) is 0 Å². The topological polar surface area (TPSA) is 135 Å². The number of hydrogen-bond donors (Lipinski definition) is 1. The number of rotatable bonds is 6. The molecule has 0 spiro atoms. The van der Waals surface area contributed by atoms with Crippen molar-refractivity contribution in [1.82, 2.24) is 10.2 Å². The Balaban J connectivity index is 1.56. The Labute approximate surface area is 195 Å².